The molecule has 0 spiro atoms. The molecule has 0 radical (unpaired) electrons. The van der Waals surface area contributed by atoms with Crippen LogP contribution in [0.25, 0.3) is 0 Å². The van der Waals surface area contributed by atoms with Gasteiger partial charge in [-0.1, -0.05) is 30.3 Å². The molecule has 0 aliphatic rings. The number of ether oxygens (including phenoxy) is 2. The van der Waals surface area contributed by atoms with Crippen LogP contribution in [0, 0.1) is 6.92 Å². The fourth-order valence-electron chi connectivity index (χ4n) is 2.43. The Kier molecular flexibility index (Phi) is 9.12. The van der Waals surface area contributed by atoms with E-state index in [-0.39, 0.29) is 24.0 Å². The molecule has 0 saturated carbocycles. The van der Waals surface area contributed by atoms with Crippen LogP contribution >= 0.6 is 24.0 Å². The number of rotatable bonds is 6. The van der Waals surface area contributed by atoms with Gasteiger partial charge in [0.25, 0.3) is 0 Å². The molecule has 0 unspecified atom stereocenters. The number of aliphatic imine (C=N–C) groups is 1. The maximum absolute atomic E-state index is 5.43. The van der Waals surface area contributed by atoms with E-state index in [1.807, 2.05) is 37.3 Å². The molecule has 0 atom stereocenters. The topological polar surface area (TPSA) is 54.9 Å². The molecular weight excluding hydrogens is 429 g/mol. The highest BCUT2D eigenvalue weighted by Gasteiger charge is 2.06. The highest BCUT2D eigenvalue weighted by atomic mass is 127. The summed E-state index contributed by atoms with van der Waals surface area (Å²) in [7, 11) is 5.12. The molecule has 136 valence electrons. The summed E-state index contributed by atoms with van der Waals surface area (Å²) in [6.07, 6.45) is 0. The second-order valence-electron chi connectivity index (χ2n) is 5.41. The van der Waals surface area contributed by atoms with Crippen molar-refractivity contribution in [3.05, 3.63) is 59.2 Å². The van der Waals surface area contributed by atoms with E-state index in [0.29, 0.717) is 13.1 Å². The number of benzene rings is 2. The van der Waals surface area contributed by atoms with Crippen LogP contribution in [0.15, 0.2) is 47.5 Å². The summed E-state index contributed by atoms with van der Waals surface area (Å²) in [5.41, 5.74) is 3.34. The van der Waals surface area contributed by atoms with E-state index in [0.717, 1.165) is 28.6 Å². The van der Waals surface area contributed by atoms with Crippen molar-refractivity contribution in [3.8, 4) is 11.5 Å². The zero-order chi connectivity index (χ0) is 17.4. The predicted molar refractivity (Wildman–Crippen MR) is 113 cm³/mol. The molecular formula is C19H26IN3O2. The van der Waals surface area contributed by atoms with Crippen LogP contribution in [0.4, 0.5) is 0 Å². The van der Waals surface area contributed by atoms with E-state index < -0.39 is 0 Å². The molecule has 5 nitrogen and oxygen atoms in total. The average Bonchev–Trinajstić information content (AvgIpc) is 2.62. The van der Waals surface area contributed by atoms with Gasteiger partial charge in [-0.05, 0) is 24.6 Å². The first-order valence-corrected chi connectivity index (χ1v) is 7.88. The highest BCUT2D eigenvalue weighted by molar-refractivity contribution is 14.0. The van der Waals surface area contributed by atoms with Crippen molar-refractivity contribution in [2.24, 2.45) is 4.99 Å². The van der Waals surface area contributed by atoms with Gasteiger partial charge >= 0.3 is 0 Å². The standard InChI is InChI=1S/C19H25N3O2.HI/c1-14-9-10-16(18(11-14)24-4)13-22-19(20-2)21-12-15-7-5-6-8-17(15)23-3;/h5-11H,12-13H2,1-4H3,(H2,20,21,22);1H. The SMILES string of the molecule is CN=C(NCc1ccccc1OC)NCc1ccc(C)cc1OC.I. The number of nitrogens with one attached hydrogen (secondary N) is 2. The summed E-state index contributed by atoms with van der Waals surface area (Å²) >= 11 is 0. The average molecular weight is 455 g/mol. The van der Waals surface area contributed by atoms with Crippen LogP contribution in [-0.4, -0.2) is 27.2 Å². The van der Waals surface area contributed by atoms with Gasteiger partial charge in [-0.25, -0.2) is 0 Å². The summed E-state index contributed by atoms with van der Waals surface area (Å²) < 4.78 is 10.8. The Morgan fingerprint density at radius 3 is 2.12 bits per heavy atom. The first-order valence-electron chi connectivity index (χ1n) is 7.88. The smallest absolute Gasteiger partial charge is 0.191 e. The van der Waals surface area contributed by atoms with Gasteiger partial charge in [0, 0.05) is 31.3 Å². The lowest BCUT2D eigenvalue weighted by atomic mass is 10.1. The normalized spacial score (nSPS) is 10.6. The van der Waals surface area contributed by atoms with Gasteiger partial charge in [0.15, 0.2) is 5.96 Å². The number of aryl methyl sites for hydroxylation is 1. The number of guanidine groups is 1. The maximum atomic E-state index is 5.43. The highest BCUT2D eigenvalue weighted by Crippen LogP contribution is 2.19. The van der Waals surface area contributed by atoms with E-state index in [9.17, 15) is 0 Å². The van der Waals surface area contributed by atoms with E-state index in [1.54, 1.807) is 21.3 Å². The van der Waals surface area contributed by atoms with Gasteiger partial charge in [-0.2, -0.15) is 0 Å². The molecule has 25 heavy (non-hydrogen) atoms. The third-order valence-corrected chi connectivity index (χ3v) is 3.75. The molecule has 0 fully saturated rings. The van der Waals surface area contributed by atoms with Crippen LogP contribution in [0.1, 0.15) is 16.7 Å². The Labute approximate surface area is 166 Å². The number of methoxy groups -OCH3 is 2. The second kappa shape index (κ2) is 10.8. The molecule has 0 amide bonds. The Bertz CT molecular complexity index is 705. The Hall–Kier alpha value is -1.96. The van der Waals surface area contributed by atoms with Crippen molar-refractivity contribution in [3.63, 3.8) is 0 Å². The van der Waals surface area contributed by atoms with Crippen LogP contribution in [-0.2, 0) is 13.1 Å². The second-order valence-corrected chi connectivity index (χ2v) is 5.41. The van der Waals surface area contributed by atoms with Crippen LogP contribution in [0.5, 0.6) is 11.5 Å². The van der Waals surface area contributed by atoms with Crippen LogP contribution in [0.2, 0.25) is 0 Å². The van der Waals surface area contributed by atoms with Crippen LogP contribution in [0.3, 0.4) is 0 Å². The molecule has 0 aromatic heterocycles. The molecule has 0 aliphatic heterocycles. The zero-order valence-electron chi connectivity index (χ0n) is 15.1. The van der Waals surface area contributed by atoms with Crippen molar-refractivity contribution in [2.45, 2.75) is 20.0 Å². The number of para-hydroxylation sites is 1. The first kappa shape index (κ1) is 21.1. The fourth-order valence-corrected chi connectivity index (χ4v) is 2.43. The Morgan fingerprint density at radius 2 is 1.52 bits per heavy atom. The summed E-state index contributed by atoms with van der Waals surface area (Å²) in [6.45, 7) is 3.32. The van der Waals surface area contributed by atoms with E-state index >= 15 is 0 Å². The van der Waals surface area contributed by atoms with Gasteiger partial charge in [0.2, 0.25) is 0 Å². The van der Waals surface area contributed by atoms with Gasteiger partial charge in [-0.3, -0.25) is 4.99 Å². The van der Waals surface area contributed by atoms with E-state index in [4.69, 9.17) is 9.47 Å². The maximum Gasteiger partial charge on any atom is 0.191 e. The predicted octanol–water partition coefficient (Wildman–Crippen LogP) is 3.50. The number of halogens is 1. The largest absolute Gasteiger partial charge is 0.496 e. The Morgan fingerprint density at radius 1 is 0.920 bits per heavy atom. The summed E-state index contributed by atoms with van der Waals surface area (Å²) in [4.78, 5) is 4.26. The zero-order valence-corrected chi connectivity index (χ0v) is 17.5. The van der Waals surface area contributed by atoms with Gasteiger partial charge < -0.3 is 20.1 Å². The molecule has 2 rings (SSSR count). The molecule has 0 aliphatic carbocycles. The van der Waals surface area contributed by atoms with E-state index in [1.165, 1.54) is 5.56 Å². The van der Waals surface area contributed by atoms with Crippen LogP contribution < -0.4 is 20.1 Å². The molecule has 0 saturated heterocycles. The molecule has 2 aromatic carbocycles. The quantitative estimate of drug-likeness (QED) is 0.398. The molecule has 2 N–H and O–H groups in total. The van der Waals surface area contributed by atoms with Gasteiger partial charge in [0.1, 0.15) is 11.5 Å². The lowest BCUT2D eigenvalue weighted by Crippen LogP contribution is -2.36. The Balaban J connectivity index is 0.00000312. The first-order chi connectivity index (χ1) is 11.7. The summed E-state index contributed by atoms with van der Waals surface area (Å²) in [5.74, 6) is 2.46. The van der Waals surface area contributed by atoms with Gasteiger partial charge in [-0.15, -0.1) is 24.0 Å². The molecule has 2 aromatic rings. The van der Waals surface area contributed by atoms with Crippen molar-refractivity contribution in [1.82, 2.24) is 10.6 Å². The fraction of sp³-hybridized carbons (Fsp3) is 0.316. The minimum Gasteiger partial charge on any atom is -0.496 e. The number of hydrogen-bond donors (Lipinski definition) is 2. The summed E-state index contributed by atoms with van der Waals surface area (Å²) in [5, 5.41) is 6.60. The minimum absolute atomic E-state index is 0. The molecule has 0 bridgehead atoms. The van der Waals surface area contributed by atoms with E-state index in [2.05, 4.69) is 27.8 Å². The lowest BCUT2D eigenvalue weighted by molar-refractivity contribution is 0.408. The summed E-state index contributed by atoms with van der Waals surface area (Å²) in [6, 6.07) is 14.1. The lowest BCUT2D eigenvalue weighted by Gasteiger charge is -2.15. The van der Waals surface area contributed by atoms with Crippen molar-refractivity contribution >= 4 is 29.9 Å². The molecule has 0 heterocycles. The third-order valence-electron chi connectivity index (χ3n) is 3.75. The molecule has 6 heteroatoms. The minimum atomic E-state index is 0. The number of hydrogen-bond acceptors (Lipinski definition) is 3. The van der Waals surface area contributed by atoms with Crippen molar-refractivity contribution in [1.29, 1.82) is 0 Å². The van der Waals surface area contributed by atoms with Gasteiger partial charge in [0.05, 0.1) is 14.2 Å². The monoisotopic (exact) mass is 455 g/mol. The van der Waals surface area contributed by atoms with Crippen molar-refractivity contribution in [2.75, 3.05) is 21.3 Å². The number of nitrogens with zero attached hydrogens (tertiary/aromatic N) is 1. The third kappa shape index (κ3) is 6.12. The van der Waals surface area contributed by atoms with Crippen molar-refractivity contribution < 1.29 is 9.47 Å².